The highest BCUT2D eigenvalue weighted by Crippen LogP contribution is 2.18. The molecule has 116 valence electrons. The minimum absolute atomic E-state index is 0. The van der Waals surface area contributed by atoms with Crippen LogP contribution in [-0.4, -0.2) is 48.1 Å². The van der Waals surface area contributed by atoms with E-state index < -0.39 is 0 Å². The van der Waals surface area contributed by atoms with Crippen molar-refractivity contribution in [3.63, 3.8) is 0 Å². The molecule has 0 unspecified atom stereocenters. The number of rotatable bonds is 6. The summed E-state index contributed by atoms with van der Waals surface area (Å²) in [6.07, 6.45) is 0.887. The van der Waals surface area contributed by atoms with Crippen LogP contribution in [0, 0.1) is 0 Å². The van der Waals surface area contributed by atoms with Crippen molar-refractivity contribution in [2.45, 2.75) is 39.0 Å². The van der Waals surface area contributed by atoms with E-state index in [1.54, 1.807) is 11.9 Å². The predicted octanol–water partition coefficient (Wildman–Crippen LogP) is 1.40. The van der Waals surface area contributed by atoms with Crippen molar-refractivity contribution in [1.29, 1.82) is 0 Å². The first-order valence-corrected chi connectivity index (χ1v) is 6.56. The number of likely N-dealkylation sites (N-methyl/N-ethyl adjacent to an activating group) is 2. The monoisotopic (exact) mass is 304 g/mol. The van der Waals surface area contributed by atoms with Crippen molar-refractivity contribution in [3.05, 3.63) is 11.7 Å². The van der Waals surface area contributed by atoms with Gasteiger partial charge in [-0.05, 0) is 7.05 Å². The molecule has 0 fully saturated rings. The number of aromatic nitrogens is 2. The first-order chi connectivity index (χ1) is 8.84. The molecule has 1 N–H and O–H groups in total. The summed E-state index contributed by atoms with van der Waals surface area (Å²) in [6.45, 7) is 7.57. The minimum atomic E-state index is -0.130. The predicted molar refractivity (Wildman–Crippen MR) is 80.1 cm³/mol. The van der Waals surface area contributed by atoms with E-state index in [2.05, 4.69) is 15.5 Å². The van der Waals surface area contributed by atoms with Crippen LogP contribution in [0.2, 0.25) is 0 Å². The Bertz CT molecular complexity index is 415. The summed E-state index contributed by atoms with van der Waals surface area (Å²) in [5.74, 6) is 1.30. The standard InChI is InChI=1S/C13H24N4O2.ClH/c1-13(2,3)12-15-10(19-16-12)6-7-11(18)17(5)9-8-14-4;/h14H,6-9H2,1-5H3;1H. The number of carbonyl (C=O) groups excluding carboxylic acids is 1. The van der Waals surface area contributed by atoms with Crippen LogP contribution in [0.1, 0.15) is 38.9 Å². The highest BCUT2D eigenvalue weighted by atomic mass is 35.5. The number of hydrogen-bond donors (Lipinski definition) is 1. The lowest BCUT2D eigenvalue weighted by Crippen LogP contribution is -2.32. The third kappa shape index (κ3) is 5.88. The van der Waals surface area contributed by atoms with E-state index in [4.69, 9.17) is 4.52 Å². The van der Waals surface area contributed by atoms with Crippen LogP contribution >= 0.6 is 12.4 Å². The Morgan fingerprint density at radius 3 is 2.55 bits per heavy atom. The van der Waals surface area contributed by atoms with Crippen molar-refractivity contribution < 1.29 is 9.32 Å². The van der Waals surface area contributed by atoms with E-state index in [-0.39, 0.29) is 23.7 Å². The van der Waals surface area contributed by atoms with Crippen LogP contribution in [0.25, 0.3) is 0 Å². The maximum absolute atomic E-state index is 11.8. The van der Waals surface area contributed by atoms with Gasteiger partial charge in [-0.15, -0.1) is 12.4 Å². The lowest BCUT2D eigenvalue weighted by molar-refractivity contribution is -0.129. The smallest absolute Gasteiger partial charge is 0.227 e. The molecular formula is C13H25ClN4O2. The van der Waals surface area contributed by atoms with E-state index in [9.17, 15) is 4.79 Å². The molecule has 1 rings (SSSR count). The summed E-state index contributed by atoms with van der Waals surface area (Å²) in [7, 11) is 3.67. The molecule has 0 radical (unpaired) electrons. The highest BCUT2D eigenvalue weighted by Gasteiger charge is 2.21. The van der Waals surface area contributed by atoms with Gasteiger partial charge in [-0.25, -0.2) is 0 Å². The minimum Gasteiger partial charge on any atom is -0.344 e. The summed E-state index contributed by atoms with van der Waals surface area (Å²) in [4.78, 5) is 17.9. The van der Waals surface area contributed by atoms with Crippen molar-refractivity contribution >= 4 is 18.3 Å². The zero-order valence-electron chi connectivity index (χ0n) is 12.9. The molecule has 0 saturated carbocycles. The van der Waals surface area contributed by atoms with E-state index in [0.717, 1.165) is 6.54 Å². The van der Waals surface area contributed by atoms with Gasteiger partial charge in [0.15, 0.2) is 5.82 Å². The molecule has 7 heteroatoms. The van der Waals surface area contributed by atoms with Gasteiger partial charge in [0, 0.05) is 38.4 Å². The molecule has 0 saturated heterocycles. The molecule has 0 aliphatic heterocycles. The average molecular weight is 305 g/mol. The number of carbonyl (C=O) groups is 1. The van der Waals surface area contributed by atoms with E-state index in [1.807, 2.05) is 27.8 Å². The number of aryl methyl sites for hydroxylation is 1. The fourth-order valence-electron chi connectivity index (χ4n) is 1.47. The van der Waals surface area contributed by atoms with Gasteiger partial charge in [0.2, 0.25) is 11.8 Å². The first kappa shape index (κ1) is 18.9. The Morgan fingerprint density at radius 1 is 1.40 bits per heavy atom. The van der Waals surface area contributed by atoms with Crippen molar-refractivity contribution in [1.82, 2.24) is 20.4 Å². The van der Waals surface area contributed by atoms with Gasteiger partial charge in [-0.3, -0.25) is 4.79 Å². The molecule has 1 heterocycles. The molecule has 6 nitrogen and oxygen atoms in total. The number of amides is 1. The molecule has 1 aromatic heterocycles. The lowest BCUT2D eigenvalue weighted by atomic mass is 9.96. The Labute approximate surface area is 126 Å². The van der Waals surface area contributed by atoms with Gasteiger partial charge in [-0.1, -0.05) is 25.9 Å². The molecular weight excluding hydrogens is 280 g/mol. The topological polar surface area (TPSA) is 71.3 Å². The summed E-state index contributed by atoms with van der Waals surface area (Å²) < 4.78 is 5.16. The molecule has 0 atom stereocenters. The third-order valence-corrected chi connectivity index (χ3v) is 2.81. The van der Waals surface area contributed by atoms with Crippen molar-refractivity contribution in [2.75, 3.05) is 27.2 Å². The largest absolute Gasteiger partial charge is 0.344 e. The highest BCUT2D eigenvalue weighted by molar-refractivity contribution is 5.85. The van der Waals surface area contributed by atoms with Crippen LogP contribution in [0.3, 0.4) is 0 Å². The average Bonchev–Trinajstić information content (AvgIpc) is 2.81. The van der Waals surface area contributed by atoms with Gasteiger partial charge in [0.25, 0.3) is 0 Å². The number of nitrogens with zero attached hydrogens (tertiary/aromatic N) is 3. The SMILES string of the molecule is CNCCN(C)C(=O)CCc1nc(C(C)(C)C)no1.Cl. The zero-order chi connectivity index (χ0) is 14.5. The van der Waals surface area contributed by atoms with Crippen LogP contribution in [0.4, 0.5) is 0 Å². The van der Waals surface area contributed by atoms with Gasteiger partial charge >= 0.3 is 0 Å². The molecule has 0 aliphatic rings. The molecule has 0 aliphatic carbocycles. The molecule has 0 bridgehead atoms. The second-order valence-electron chi connectivity index (χ2n) is 5.68. The van der Waals surface area contributed by atoms with Crippen molar-refractivity contribution in [2.24, 2.45) is 0 Å². The molecule has 1 amide bonds. The van der Waals surface area contributed by atoms with Crippen LogP contribution in [-0.2, 0) is 16.6 Å². The van der Waals surface area contributed by atoms with Crippen LogP contribution in [0.15, 0.2) is 4.52 Å². The Hall–Kier alpha value is -1.14. The second-order valence-corrected chi connectivity index (χ2v) is 5.68. The van der Waals surface area contributed by atoms with Crippen molar-refractivity contribution in [3.8, 4) is 0 Å². The maximum Gasteiger partial charge on any atom is 0.227 e. The number of hydrogen-bond acceptors (Lipinski definition) is 5. The molecule has 1 aromatic rings. The lowest BCUT2D eigenvalue weighted by Gasteiger charge is -2.16. The Balaban J connectivity index is 0.00000361. The van der Waals surface area contributed by atoms with Gasteiger partial charge < -0.3 is 14.7 Å². The summed E-state index contributed by atoms with van der Waals surface area (Å²) in [5, 5.41) is 6.95. The van der Waals surface area contributed by atoms with Gasteiger partial charge in [0.1, 0.15) is 0 Å². The Kier molecular flexibility index (Phi) is 7.75. The first-order valence-electron chi connectivity index (χ1n) is 6.56. The molecule has 20 heavy (non-hydrogen) atoms. The molecule has 0 aromatic carbocycles. The number of nitrogens with one attached hydrogen (secondary N) is 1. The van der Waals surface area contributed by atoms with E-state index in [1.165, 1.54) is 0 Å². The van der Waals surface area contributed by atoms with E-state index >= 15 is 0 Å². The van der Waals surface area contributed by atoms with E-state index in [0.29, 0.717) is 31.1 Å². The summed E-state index contributed by atoms with van der Waals surface area (Å²) in [5.41, 5.74) is -0.130. The fraction of sp³-hybridized carbons (Fsp3) is 0.769. The normalized spacial score (nSPS) is 11.1. The van der Waals surface area contributed by atoms with Gasteiger partial charge in [0.05, 0.1) is 0 Å². The quantitative estimate of drug-likeness (QED) is 0.860. The number of halogens is 1. The Morgan fingerprint density at radius 2 is 2.05 bits per heavy atom. The van der Waals surface area contributed by atoms with Gasteiger partial charge in [-0.2, -0.15) is 4.98 Å². The summed E-state index contributed by atoms with van der Waals surface area (Å²) in [6, 6.07) is 0. The van der Waals surface area contributed by atoms with Crippen LogP contribution in [0.5, 0.6) is 0 Å². The fourth-order valence-corrected chi connectivity index (χ4v) is 1.47. The third-order valence-electron chi connectivity index (χ3n) is 2.81. The van der Waals surface area contributed by atoms with Crippen LogP contribution < -0.4 is 5.32 Å². The maximum atomic E-state index is 11.8. The second kappa shape index (κ2) is 8.21. The summed E-state index contributed by atoms with van der Waals surface area (Å²) >= 11 is 0. The zero-order valence-corrected chi connectivity index (χ0v) is 13.7. The molecule has 0 spiro atoms.